The summed E-state index contributed by atoms with van der Waals surface area (Å²) in [6.45, 7) is 0.748. The number of nitrogen functional groups attached to an aromatic ring is 1. The summed E-state index contributed by atoms with van der Waals surface area (Å²) in [6, 6.07) is 15.8. The van der Waals surface area contributed by atoms with Crippen molar-refractivity contribution in [3.63, 3.8) is 0 Å². The maximum atomic E-state index is 13.0. The third kappa shape index (κ3) is 6.88. The highest BCUT2D eigenvalue weighted by molar-refractivity contribution is 5.85. The summed E-state index contributed by atoms with van der Waals surface area (Å²) in [5.41, 5.74) is 10.2. The zero-order valence-corrected chi connectivity index (χ0v) is 17.9. The van der Waals surface area contributed by atoms with Gasteiger partial charge in [-0.1, -0.05) is 18.6 Å². The molecule has 3 N–H and O–H groups in total. The smallest absolute Gasteiger partial charge is 0.226 e. The number of hydrogen-bond donors (Lipinski definition) is 2. The molecule has 1 amide bonds. The Balaban J connectivity index is 0.00000320. The summed E-state index contributed by atoms with van der Waals surface area (Å²) < 4.78 is 13.0. The van der Waals surface area contributed by atoms with Crippen LogP contribution in [0.5, 0.6) is 0 Å². The number of benzene rings is 2. The molecule has 5 nitrogen and oxygen atoms in total. The molecule has 160 valence electrons. The average Bonchev–Trinajstić information content (AvgIpc) is 3.18. The van der Waals surface area contributed by atoms with E-state index in [0.29, 0.717) is 12.1 Å². The fraction of sp³-hybridized carbons (Fsp3) is 0.304. The molecule has 0 atom stereocenters. The number of aromatic nitrogens is 2. The van der Waals surface area contributed by atoms with Crippen molar-refractivity contribution < 1.29 is 9.18 Å². The van der Waals surface area contributed by atoms with E-state index in [0.717, 1.165) is 54.7 Å². The topological polar surface area (TPSA) is 75.0 Å². The Kier molecular flexibility index (Phi) is 8.87. The third-order valence-electron chi connectivity index (χ3n) is 4.97. The molecule has 2 aromatic carbocycles. The summed E-state index contributed by atoms with van der Waals surface area (Å²) >= 11 is 0. The number of unbranched alkanes of at least 4 members (excludes halogenated alkanes) is 2. The summed E-state index contributed by atoms with van der Waals surface area (Å²) in [6.07, 6.45) is 4.31. The quantitative estimate of drug-likeness (QED) is 0.383. The van der Waals surface area contributed by atoms with Crippen LogP contribution in [-0.2, 0) is 17.6 Å². The van der Waals surface area contributed by atoms with Crippen LogP contribution in [0.4, 0.5) is 10.1 Å². The van der Waals surface area contributed by atoms with Crippen LogP contribution in [0.15, 0.2) is 54.6 Å². The van der Waals surface area contributed by atoms with Gasteiger partial charge in [0.15, 0.2) is 0 Å². The first-order valence-corrected chi connectivity index (χ1v) is 9.90. The van der Waals surface area contributed by atoms with Gasteiger partial charge in [-0.05, 0) is 67.3 Å². The van der Waals surface area contributed by atoms with Gasteiger partial charge in [0.1, 0.15) is 5.82 Å². The number of nitrogens with two attached hydrogens (primary N) is 1. The number of likely N-dealkylation sites (N-methyl/N-ethyl adjacent to an activating group) is 1. The Labute approximate surface area is 182 Å². The number of H-pyrrole nitrogens is 1. The van der Waals surface area contributed by atoms with Crippen LogP contribution in [0.3, 0.4) is 0 Å². The molecule has 0 saturated heterocycles. The van der Waals surface area contributed by atoms with E-state index in [9.17, 15) is 9.18 Å². The highest BCUT2D eigenvalue weighted by atomic mass is 35.5. The molecule has 0 aliphatic heterocycles. The van der Waals surface area contributed by atoms with Gasteiger partial charge < -0.3 is 10.6 Å². The van der Waals surface area contributed by atoms with E-state index in [2.05, 4.69) is 10.2 Å². The summed E-state index contributed by atoms with van der Waals surface area (Å²) in [7, 11) is 1.85. The lowest BCUT2D eigenvalue weighted by Crippen LogP contribution is -2.29. The molecule has 0 fully saturated rings. The fourth-order valence-corrected chi connectivity index (χ4v) is 3.17. The molecular weight excluding hydrogens is 403 g/mol. The first kappa shape index (κ1) is 23.4. The molecule has 1 heterocycles. The first-order chi connectivity index (χ1) is 14.0. The lowest BCUT2D eigenvalue weighted by atomic mass is 10.1. The molecule has 0 aliphatic rings. The average molecular weight is 431 g/mol. The number of aromatic amines is 1. The number of anilines is 1. The minimum Gasteiger partial charge on any atom is -0.399 e. The van der Waals surface area contributed by atoms with Crippen LogP contribution < -0.4 is 5.73 Å². The van der Waals surface area contributed by atoms with Gasteiger partial charge in [-0.25, -0.2) is 4.39 Å². The number of amides is 1. The predicted octanol–water partition coefficient (Wildman–Crippen LogP) is 4.63. The zero-order chi connectivity index (χ0) is 20.6. The van der Waals surface area contributed by atoms with E-state index < -0.39 is 0 Å². The van der Waals surface area contributed by atoms with E-state index in [4.69, 9.17) is 5.73 Å². The number of aryl methyl sites for hydroxylation is 1. The molecule has 0 spiro atoms. The van der Waals surface area contributed by atoms with Crippen molar-refractivity contribution in [3.8, 4) is 11.3 Å². The van der Waals surface area contributed by atoms with Crippen LogP contribution in [0.1, 0.15) is 30.5 Å². The second kappa shape index (κ2) is 11.4. The number of nitrogens with one attached hydrogen (secondary N) is 1. The molecule has 1 aromatic heterocycles. The molecular formula is C23H28ClFN4O. The number of hydrogen-bond acceptors (Lipinski definition) is 3. The van der Waals surface area contributed by atoms with Crippen molar-refractivity contribution in [3.05, 3.63) is 71.7 Å². The van der Waals surface area contributed by atoms with Gasteiger partial charge >= 0.3 is 0 Å². The number of halogens is 2. The van der Waals surface area contributed by atoms with Crippen molar-refractivity contribution in [1.29, 1.82) is 0 Å². The SMILES string of the molecule is CN(CCCCCc1cc(-c2ccc(F)cc2)n[nH]1)C(=O)Cc1ccc(N)cc1.Cl. The van der Waals surface area contributed by atoms with E-state index in [1.807, 2.05) is 37.4 Å². The van der Waals surface area contributed by atoms with Gasteiger partial charge in [-0.2, -0.15) is 5.10 Å². The minimum atomic E-state index is -0.249. The van der Waals surface area contributed by atoms with Crippen molar-refractivity contribution in [2.45, 2.75) is 32.1 Å². The van der Waals surface area contributed by atoms with E-state index in [-0.39, 0.29) is 24.1 Å². The number of carbonyl (C=O) groups excluding carboxylic acids is 1. The maximum Gasteiger partial charge on any atom is 0.226 e. The molecule has 0 saturated carbocycles. The Morgan fingerprint density at radius 2 is 1.77 bits per heavy atom. The van der Waals surface area contributed by atoms with Crippen LogP contribution in [-0.4, -0.2) is 34.6 Å². The lowest BCUT2D eigenvalue weighted by Gasteiger charge is -2.17. The van der Waals surface area contributed by atoms with Gasteiger partial charge in [-0.15, -0.1) is 12.4 Å². The Bertz CT molecular complexity index is 925. The summed E-state index contributed by atoms with van der Waals surface area (Å²) in [4.78, 5) is 14.1. The number of nitrogens with zero attached hydrogens (tertiary/aromatic N) is 2. The largest absolute Gasteiger partial charge is 0.399 e. The molecule has 0 aliphatic carbocycles. The van der Waals surface area contributed by atoms with Crippen molar-refractivity contribution in [2.24, 2.45) is 0 Å². The molecule has 0 radical (unpaired) electrons. The minimum absolute atomic E-state index is 0. The predicted molar refractivity (Wildman–Crippen MR) is 121 cm³/mol. The Morgan fingerprint density at radius 1 is 1.07 bits per heavy atom. The summed E-state index contributed by atoms with van der Waals surface area (Å²) in [5.74, 6) is -0.131. The van der Waals surface area contributed by atoms with Gasteiger partial charge in [0.2, 0.25) is 5.91 Å². The summed E-state index contributed by atoms with van der Waals surface area (Å²) in [5, 5.41) is 7.35. The first-order valence-electron chi connectivity index (χ1n) is 9.90. The molecule has 7 heteroatoms. The van der Waals surface area contributed by atoms with Crippen molar-refractivity contribution in [1.82, 2.24) is 15.1 Å². The van der Waals surface area contributed by atoms with Crippen LogP contribution in [0.25, 0.3) is 11.3 Å². The Hall–Kier alpha value is -2.86. The molecule has 3 aromatic rings. The zero-order valence-electron chi connectivity index (χ0n) is 17.1. The maximum absolute atomic E-state index is 13.0. The van der Waals surface area contributed by atoms with Gasteiger partial charge in [-0.3, -0.25) is 9.89 Å². The number of carbonyl (C=O) groups is 1. The second-order valence-corrected chi connectivity index (χ2v) is 7.33. The molecule has 30 heavy (non-hydrogen) atoms. The normalized spacial score (nSPS) is 10.5. The molecule has 0 bridgehead atoms. The van der Waals surface area contributed by atoms with Gasteiger partial charge in [0.05, 0.1) is 12.1 Å². The highest BCUT2D eigenvalue weighted by Gasteiger charge is 2.09. The van der Waals surface area contributed by atoms with E-state index >= 15 is 0 Å². The van der Waals surface area contributed by atoms with Crippen molar-refractivity contribution in [2.75, 3.05) is 19.3 Å². The van der Waals surface area contributed by atoms with Crippen molar-refractivity contribution >= 4 is 24.0 Å². The monoisotopic (exact) mass is 430 g/mol. The fourth-order valence-electron chi connectivity index (χ4n) is 3.17. The van der Waals surface area contributed by atoms with Gasteiger partial charge in [0, 0.05) is 30.5 Å². The highest BCUT2D eigenvalue weighted by Crippen LogP contribution is 2.19. The van der Waals surface area contributed by atoms with E-state index in [1.165, 1.54) is 12.1 Å². The van der Waals surface area contributed by atoms with Crippen LogP contribution in [0, 0.1) is 5.82 Å². The van der Waals surface area contributed by atoms with Crippen LogP contribution >= 0.6 is 12.4 Å². The molecule has 3 rings (SSSR count). The molecule has 0 unspecified atom stereocenters. The Morgan fingerprint density at radius 3 is 2.47 bits per heavy atom. The number of rotatable bonds is 9. The van der Waals surface area contributed by atoms with Gasteiger partial charge in [0.25, 0.3) is 0 Å². The lowest BCUT2D eigenvalue weighted by molar-refractivity contribution is -0.129. The second-order valence-electron chi connectivity index (χ2n) is 7.33. The van der Waals surface area contributed by atoms with Crippen LogP contribution in [0.2, 0.25) is 0 Å². The van der Waals surface area contributed by atoms with E-state index in [1.54, 1.807) is 17.0 Å². The third-order valence-corrected chi connectivity index (χ3v) is 4.97. The standard InChI is InChI=1S/C23H27FN4O.ClH/c1-28(23(29)15-17-6-12-20(25)13-7-17)14-4-2-3-5-21-16-22(27-26-21)18-8-10-19(24)11-9-18;/h6-13,16H,2-5,14-15,25H2,1H3,(H,26,27);1H.